The van der Waals surface area contributed by atoms with Crippen LogP contribution in [0, 0.1) is 47.3 Å². The molecule has 1 aliphatic carbocycles. The fourth-order valence-corrected chi connectivity index (χ4v) is 6.04. The summed E-state index contributed by atoms with van der Waals surface area (Å²) in [5.41, 5.74) is 13.5. The van der Waals surface area contributed by atoms with Gasteiger partial charge in [-0.05, 0) is 99.3 Å². The summed E-state index contributed by atoms with van der Waals surface area (Å²) in [7, 11) is 0. The van der Waals surface area contributed by atoms with Crippen molar-refractivity contribution in [2.75, 3.05) is 6.54 Å². The fraction of sp³-hybridized carbons (Fsp3) is 0.721. The smallest absolute Gasteiger partial charge is 0.0478 e. The van der Waals surface area contributed by atoms with Crippen LogP contribution in [-0.2, 0) is 0 Å². The third-order valence-electron chi connectivity index (χ3n) is 9.06. The first kappa shape index (κ1) is 44.3. The molecular weight excluding hydrogens is 530 g/mol. The van der Waals surface area contributed by atoms with Gasteiger partial charge in [0.2, 0.25) is 0 Å². The molecule has 0 aliphatic heterocycles. The predicted molar refractivity (Wildman–Crippen MR) is 204 cm³/mol. The summed E-state index contributed by atoms with van der Waals surface area (Å²) in [5.74, 6) is 10.1. The van der Waals surface area contributed by atoms with Gasteiger partial charge in [-0.25, -0.2) is 0 Å². The van der Waals surface area contributed by atoms with Crippen LogP contribution in [0.1, 0.15) is 161 Å². The lowest BCUT2D eigenvalue weighted by Gasteiger charge is -2.35. The Labute approximate surface area is 278 Å². The molecule has 1 heteroatoms. The molecule has 0 saturated heterocycles. The number of hydrogen-bond donors (Lipinski definition) is 1. The third kappa shape index (κ3) is 18.3. The van der Waals surface area contributed by atoms with Crippen molar-refractivity contribution >= 4 is 0 Å². The number of rotatable bonds is 18. The number of unbranched alkanes of at least 4 members (excludes halogenated alkanes) is 1. The lowest BCUT2D eigenvalue weighted by atomic mass is 9.69. The molecule has 1 rings (SSSR count). The van der Waals surface area contributed by atoms with E-state index in [4.69, 9.17) is 5.73 Å². The summed E-state index contributed by atoms with van der Waals surface area (Å²) >= 11 is 0. The molecular formula is C43H77N. The van der Waals surface area contributed by atoms with Crippen LogP contribution in [0.2, 0.25) is 0 Å². The number of hydrogen-bond acceptors (Lipinski definition) is 1. The standard InChI is InChI=1S/C22H37N.C19H34.C2H6/c1-7-10-18(11-8-2)22(15-23)21-14-19(16(4)5)13-17(6)20(21)12-9-3;1-7-9-13-19(16(3)4)15-14-18(6)12-10-11-17(5)8-2;1-2/h13-14,16-18,20,22H,7-8,10-11,15,23H2,1-6H3;14-15,17H,6-13H2,1-5H3;1-2H3/b;15-14-;. The van der Waals surface area contributed by atoms with Crippen molar-refractivity contribution in [1.29, 1.82) is 0 Å². The number of allylic oxidation sites excluding steroid dienone is 8. The van der Waals surface area contributed by atoms with Gasteiger partial charge in [0, 0.05) is 5.92 Å². The Morgan fingerprint density at radius 1 is 0.932 bits per heavy atom. The highest BCUT2D eigenvalue weighted by Gasteiger charge is 2.32. The Kier molecular flexibility index (Phi) is 27.7. The first-order chi connectivity index (χ1) is 21.0. The van der Waals surface area contributed by atoms with E-state index >= 15 is 0 Å². The van der Waals surface area contributed by atoms with E-state index in [1.54, 1.807) is 0 Å². The Morgan fingerprint density at radius 3 is 2.00 bits per heavy atom. The van der Waals surface area contributed by atoms with Crippen LogP contribution >= 0.6 is 0 Å². The van der Waals surface area contributed by atoms with Gasteiger partial charge in [-0.1, -0.05) is 162 Å². The van der Waals surface area contributed by atoms with Crippen molar-refractivity contribution in [3.63, 3.8) is 0 Å². The van der Waals surface area contributed by atoms with Gasteiger partial charge in [0.1, 0.15) is 0 Å². The molecule has 4 unspecified atom stereocenters. The quantitative estimate of drug-likeness (QED) is 0.122. The molecule has 1 aliphatic rings. The minimum Gasteiger partial charge on any atom is -0.330 e. The average molecular weight is 608 g/mol. The van der Waals surface area contributed by atoms with Crippen LogP contribution in [0.5, 0.6) is 0 Å². The zero-order valence-corrected chi connectivity index (χ0v) is 32.0. The molecule has 2 N–H and O–H groups in total. The van der Waals surface area contributed by atoms with Gasteiger partial charge in [-0.2, -0.15) is 0 Å². The Hall–Kier alpha value is -1.78. The van der Waals surface area contributed by atoms with Crippen molar-refractivity contribution < 1.29 is 0 Å². The highest BCUT2D eigenvalue weighted by atomic mass is 14.6. The lowest BCUT2D eigenvalue weighted by Crippen LogP contribution is -2.31. The summed E-state index contributed by atoms with van der Waals surface area (Å²) in [5, 5.41) is 0. The summed E-state index contributed by atoms with van der Waals surface area (Å²) in [4.78, 5) is 0. The third-order valence-corrected chi connectivity index (χ3v) is 9.06. The Morgan fingerprint density at radius 2 is 1.55 bits per heavy atom. The van der Waals surface area contributed by atoms with E-state index in [0.717, 1.165) is 18.9 Å². The van der Waals surface area contributed by atoms with Crippen molar-refractivity contribution in [3.8, 4) is 11.8 Å². The molecule has 0 fully saturated rings. The zero-order chi connectivity index (χ0) is 34.1. The van der Waals surface area contributed by atoms with Crippen molar-refractivity contribution in [2.45, 2.75) is 161 Å². The molecule has 0 radical (unpaired) electrons. The molecule has 0 aromatic heterocycles. The van der Waals surface area contributed by atoms with Crippen LogP contribution in [0.25, 0.3) is 0 Å². The monoisotopic (exact) mass is 608 g/mol. The average Bonchev–Trinajstić information content (AvgIpc) is 3.00. The van der Waals surface area contributed by atoms with E-state index in [1.165, 1.54) is 92.1 Å². The molecule has 0 bridgehead atoms. The maximum atomic E-state index is 6.28. The molecule has 0 heterocycles. The predicted octanol–water partition coefficient (Wildman–Crippen LogP) is 13.4. The molecule has 0 aromatic carbocycles. The molecule has 0 amide bonds. The molecule has 254 valence electrons. The van der Waals surface area contributed by atoms with Gasteiger partial charge >= 0.3 is 0 Å². The van der Waals surface area contributed by atoms with E-state index in [9.17, 15) is 0 Å². The summed E-state index contributed by atoms with van der Waals surface area (Å²) < 4.78 is 0. The van der Waals surface area contributed by atoms with Gasteiger partial charge in [-0.15, -0.1) is 5.92 Å². The van der Waals surface area contributed by atoms with Gasteiger partial charge in [0.05, 0.1) is 0 Å². The largest absolute Gasteiger partial charge is 0.330 e. The fourth-order valence-electron chi connectivity index (χ4n) is 6.04. The number of nitrogens with two attached hydrogens (primary N) is 1. The van der Waals surface area contributed by atoms with Gasteiger partial charge in [-0.3, -0.25) is 0 Å². The molecule has 0 spiro atoms. The van der Waals surface area contributed by atoms with Gasteiger partial charge in [0.25, 0.3) is 0 Å². The Bertz CT molecular complexity index is 918. The first-order valence-corrected chi connectivity index (χ1v) is 18.6. The SMILES string of the molecule is C=C(/C=C\C(CCCC)=C(C)C)CCCC(C)CC.CC.CC#CC1C(C(CN)C(CCC)CCC)=CC(C(C)C)=CC1C. The van der Waals surface area contributed by atoms with Crippen LogP contribution in [0.4, 0.5) is 0 Å². The summed E-state index contributed by atoms with van der Waals surface area (Å²) in [6.07, 6.45) is 23.2. The topological polar surface area (TPSA) is 26.0 Å². The second kappa shape index (κ2) is 27.5. The second-order valence-electron chi connectivity index (χ2n) is 13.4. The van der Waals surface area contributed by atoms with E-state index in [2.05, 4.69) is 112 Å². The second-order valence-corrected chi connectivity index (χ2v) is 13.4. The van der Waals surface area contributed by atoms with E-state index in [-0.39, 0.29) is 0 Å². The van der Waals surface area contributed by atoms with E-state index in [1.807, 2.05) is 20.8 Å². The van der Waals surface area contributed by atoms with Crippen molar-refractivity contribution in [1.82, 2.24) is 0 Å². The highest BCUT2D eigenvalue weighted by molar-refractivity contribution is 5.38. The maximum absolute atomic E-state index is 6.28. The first-order valence-electron chi connectivity index (χ1n) is 18.6. The molecule has 4 atom stereocenters. The minimum absolute atomic E-state index is 0.340. The normalized spacial score (nSPS) is 17.4. The van der Waals surface area contributed by atoms with Crippen LogP contribution in [0.15, 0.2) is 58.7 Å². The zero-order valence-electron chi connectivity index (χ0n) is 32.0. The van der Waals surface area contributed by atoms with Crippen LogP contribution < -0.4 is 5.73 Å². The van der Waals surface area contributed by atoms with Crippen LogP contribution in [-0.4, -0.2) is 6.54 Å². The van der Waals surface area contributed by atoms with Crippen LogP contribution in [0.3, 0.4) is 0 Å². The molecule has 0 saturated carbocycles. The van der Waals surface area contributed by atoms with Crippen molar-refractivity contribution in [2.24, 2.45) is 41.2 Å². The Balaban J connectivity index is 0. The lowest BCUT2D eigenvalue weighted by molar-refractivity contribution is 0.309. The minimum atomic E-state index is 0.340. The van der Waals surface area contributed by atoms with Gasteiger partial charge in [0.15, 0.2) is 0 Å². The summed E-state index contributed by atoms with van der Waals surface area (Å²) in [6, 6.07) is 0. The summed E-state index contributed by atoms with van der Waals surface area (Å²) in [6.45, 7) is 33.6. The van der Waals surface area contributed by atoms with E-state index in [0.29, 0.717) is 29.6 Å². The molecule has 44 heavy (non-hydrogen) atoms. The van der Waals surface area contributed by atoms with E-state index < -0.39 is 0 Å². The maximum Gasteiger partial charge on any atom is 0.0478 e. The molecule has 0 aromatic rings. The van der Waals surface area contributed by atoms with Crippen molar-refractivity contribution in [3.05, 3.63) is 58.7 Å². The molecule has 1 nitrogen and oxygen atoms in total. The highest BCUT2D eigenvalue weighted by Crippen LogP contribution is 2.40. The van der Waals surface area contributed by atoms with Gasteiger partial charge < -0.3 is 5.73 Å².